The Morgan fingerprint density at radius 2 is 2.25 bits per heavy atom. The van der Waals surface area contributed by atoms with Crippen molar-refractivity contribution in [3.8, 4) is 5.75 Å². The SMILES string of the molecule is C=CCCCCOc1ccnc(C(F)F)c1. The lowest BCUT2D eigenvalue weighted by molar-refractivity contribution is 0.145. The van der Waals surface area contributed by atoms with Crippen molar-refractivity contribution in [1.82, 2.24) is 4.98 Å². The lowest BCUT2D eigenvalue weighted by Crippen LogP contribution is -1.98. The lowest BCUT2D eigenvalue weighted by atomic mass is 10.2. The number of unbranched alkanes of at least 4 members (excludes halogenated alkanes) is 2. The molecule has 0 aromatic carbocycles. The van der Waals surface area contributed by atoms with Crippen molar-refractivity contribution in [2.75, 3.05) is 6.61 Å². The minimum Gasteiger partial charge on any atom is -0.493 e. The molecule has 16 heavy (non-hydrogen) atoms. The molecule has 1 aromatic rings. The second-order valence-corrected chi connectivity index (χ2v) is 3.35. The summed E-state index contributed by atoms with van der Waals surface area (Å²) in [5, 5.41) is 0. The summed E-state index contributed by atoms with van der Waals surface area (Å²) < 4.78 is 29.9. The number of pyridine rings is 1. The summed E-state index contributed by atoms with van der Waals surface area (Å²) in [5.41, 5.74) is -0.247. The van der Waals surface area contributed by atoms with E-state index in [1.807, 2.05) is 6.08 Å². The first-order valence-corrected chi connectivity index (χ1v) is 5.22. The molecule has 0 saturated heterocycles. The van der Waals surface area contributed by atoms with E-state index in [4.69, 9.17) is 4.74 Å². The predicted molar refractivity (Wildman–Crippen MR) is 58.7 cm³/mol. The van der Waals surface area contributed by atoms with Crippen LogP contribution in [0.5, 0.6) is 5.75 Å². The number of nitrogens with zero attached hydrogens (tertiary/aromatic N) is 1. The summed E-state index contributed by atoms with van der Waals surface area (Å²) in [5.74, 6) is 0.448. The minimum atomic E-state index is -2.55. The van der Waals surface area contributed by atoms with E-state index < -0.39 is 6.43 Å². The molecule has 0 aliphatic heterocycles. The van der Waals surface area contributed by atoms with Crippen molar-refractivity contribution in [1.29, 1.82) is 0 Å². The van der Waals surface area contributed by atoms with E-state index in [-0.39, 0.29) is 5.69 Å². The van der Waals surface area contributed by atoms with Crippen molar-refractivity contribution in [2.24, 2.45) is 0 Å². The highest BCUT2D eigenvalue weighted by Crippen LogP contribution is 2.20. The van der Waals surface area contributed by atoms with Crippen LogP contribution in [0.3, 0.4) is 0 Å². The van der Waals surface area contributed by atoms with Crippen LogP contribution in [0.25, 0.3) is 0 Å². The van der Waals surface area contributed by atoms with Crippen LogP contribution in [0.4, 0.5) is 8.78 Å². The maximum Gasteiger partial charge on any atom is 0.280 e. The first-order valence-electron chi connectivity index (χ1n) is 5.22. The highest BCUT2D eigenvalue weighted by atomic mass is 19.3. The summed E-state index contributed by atoms with van der Waals surface area (Å²) in [7, 11) is 0. The monoisotopic (exact) mass is 227 g/mol. The minimum absolute atomic E-state index is 0.247. The van der Waals surface area contributed by atoms with Crippen LogP contribution in [0.1, 0.15) is 31.4 Å². The predicted octanol–water partition coefficient (Wildman–Crippen LogP) is 3.75. The van der Waals surface area contributed by atoms with Gasteiger partial charge in [0.1, 0.15) is 11.4 Å². The van der Waals surface area contributed by atoms with Crippen LogP contribution in [0.15, 0.2) is 31.0 Å². The number of alkyl halides is 2. The summed E-state index contributed by atoms with van der Waals surface area (Å²) in [6, 6.07) is 2.86. The van der Waals surface area contributed by atoms with E-state index in [9.17, 15) is 8.78 Å². The molecule has 1 rings (SSSR count). The lowest BCUT2D eigenvalue weighted by Gasteiger charge is -2.06. The Morgan fingerprint density at radius 1 is 1.44 bits per heavy atom. The Hall–Kier alpha value is -1.45. The molecule has 1 heterocycles. The first kappa shape index (κ1) is 12.6. The maximum atomic E-state index is 12.3. The molecule has 88 valence electrons. The third-order valence-corrected chi connectivity index (χ3v) is 2.05. The van der Waals surface area contributed by atoms with E-state index >= 15 is 0 Å². The number of hydrogen-bond acceptors (Lipinski definition) is 2. The van der Waals surface area contributed by atoms with Gasteiger partial charge in [0.05, 0.1) is 6.61 Å². The van der Waals surface area contributed by atoms with Gasteiger partial charge in [-0.3, -0.25) is 4.98 Å². The molecule has 0 saturated carbocycles. The second-order valence-electron chi connectivity index (χ2n) is 3.35. The zero-order valence-corrected chi connectivity index (χ0v) is 9.03. The fourth-order valence-electron chi connectivity index (χ4n) is 1.22. The topological polar surface area (TPSA) is 22.1 Å². The maximum absolute atomic E-state index is 12.3. The molecule has 0 aliphatic carbocycles. The largest absolute Gasteiger partial charge is 0.493 e. The van der Waals surface area contributed by atoms with E-state index in [1.165, 1.54) is 12.3 Å². The number of hydrogen-bond donors (Lipinski definition) is 0. The summed E-state index contributed by atoms with van der Waals surface area (Å²) >= 11 is 0. The van der Waals surface area contributed by atoms with Crippen LogP contribution in [-0.4, -0.2) is 11.6 Å². The smallest absolute Gasteiger partial charge is 0.280 e. The van der Waals surface area contributed by atoms with Crippen LogP contribution in [0, 0.1) is 0 Å². The average Bonchev–Trinajstić information content (AvgIpc) is 2.29. The Balaban J connectivity index is 2.36. The van der Waals surface area contributed by atoms with Crippen molar-refractivity contribution < 1.29 is 13.5 Å². The number of allylic oxidation sites excluding steroid dienone is 1. The van der Waals surface area contributed by atoms with E-state index in [2.05, 4.69) is 11.6 Å². The third-order valence-electron chi connectivity index (χ3n) is 2.05. The molecule has 0 spiro atoms. The Labute approximate surface area is 94.0 Å². The molecular weight excluding hydrogens is 212 g/mol. The molecule has 4 heteroatoms. The van der Waals surface area contributed by atoms with E-state index in [0.29, 0.717) is 12.4 Å². The quantitative estimate of drug-likeness (QED) is 0.522. The van der Waals surface area contributed by atoms with Gasteiger partial charge in [-0.1, -0.05) is 6.08 Å². The first-order chi connectivity index (χ1) is 7.74. The molecule has 0 atom stereocenters. The molecule has 0 aliphatic rings. The Kier molecular flexibility index (Phi) is 5.46. The second kappa shape index (κ2) is 6.93. The van der Waals surface area contributed by atoms with Gasteiger partial charge in [0.2, 0.25) is 0 Å². The van der Waals surface area contributed by atoms with Gasteiger partial charge in [0.15, 0.2) is 0 Å². The zero-order chi connectivity index (χ0) is 11.8. The summed E-state index contributed by atoms with van der Waals surface area (Å²) in [6.45, 7) is 4.14. The third kappa shape index (κ3) is 4.38. The van der Waals surface area contributed by atoms with Crippen molar-refractivity contribution in [3.63, 3.8) is 0 Å². The van der Waals surface area contributed by atoms with E-state index in [1.54, 1.807) is 6.07 Å². The number of halogens is 2. The number of ether oxygens (including phenoxy) is 1. The van der Waals surface area contributed by atoms with Crippen molar-refractivity contribution in [2.45, 2.75) is 25.7 Å². The number of aromatic nitrogens is 1. The van der Waals surface area contributed by atoms with Gasteiger partial charge in [-0.25, -0.2) is 8.78 Å². The molecule has 2 nitrogen and oxygen atoms in total. The van der Waals surface area contributed by atoms with Crippen LogP contribution >= 0.6 is 0 Å². The standard InChI is InChI=1S/C12H15F2NO/c1-2-3-4-5-8-16-10-6-7-15-11(9-10)12(13)14/h2,6-7,9,12H,1,3-5,8H2. The molecule has 0 bridgehead atoms. The van der Waals surface area contributed by atoms with Crippen molar-refractivity contribution in [3.05, 3.63) is 36.7 Å². The molecule has 0 amide bonds. The summed E-state index contributed by atoms with van der Waals surface area (Å²) in [6.07, 6.45) is 3.46. The van der Waals surface area contributed by atoms with Crippen LogP contribution in [-0.2, 0) is 0 Å². The van der Waals surface area contributed by atoms with Gasteiger partial charge >= 0.3 is 0 Å². The van der Waals surface area contributed by atoms with E-state index in [0.717, 1.165) is 19.3 Å². The fraction of sp³-hybridized carbons (Fsp3) is 0.417. The summed E-state index contributed by atoms with van der Waals surface area (Å²) in [4.78, 5) is 3.55. The van der Waals surface area contributed by atoms with Gasteiger partial charge in [-0.2, -0.15) is 0 Å². The fourth-order valence-corrected chi connectivity index (χ4v) is 1.22. The van der Waals surface area contributed by atoms with Gasteiger partial charge in [0, 0.05) is 12.3 Å². The number of rotatable bonds is 7. The molecule has 1 aromatic heterocycles. The zero-order valence-electron chi connectivity index (χ0n) is 9.03. The highest BCUT2D eigenvalue weighted by Gasteiger charge is 2.08. The Morgan fingerprint density at radius 3 is 2.94 bits per heavy atom. The molecule has 0 unspecified atom stereocenters. The normalized spacial score (nSPS) is 10.4. The van der Waals surface area contributed by atoms with Crippen molar-refractivity contribution >= 4 is 0 Å². The van der Waals surface area contributed by atoms with Gasteiger partial charge in [-0.15, -0.1) is 6.58 Å². The molecule has 0 N–H and O–H groups in total. The van der Waals surface area contributed by atoms with Gasteiger partial charge in [-0.05, 0) is 25.3 Å². The van der Waals surface area contributed by atoms with Crippen LogP contribution < -0.4 is 4.74 Å². The molecule has 0 fully saturated rings. The van der Waals surface area contributed by atoms with Crippen LogP contribution in [0.2, 0.25) is 0 Å². The average molecular weight is 227 g/mol. The van der Waals surface area contributed by atoms with Gasteiger partial charge < -0.3 is 4.74 Å². The Bertz CT molecular complexity index is 329. The molecule has 0 radical (unpaired) electrons. The highest BCUT2D eigenvalue weighted by molar-refractivity contribution is 5.23. The molecular formula is C12H15F2NO. The van der Waals surface area contributed by atoms with Gasteiger partial charge in [0.25, 0.3) is 6.43 Å².